The van der Waals surface area contributed by atoms with Crippen molar-refractivity contribution in [3.8, 4) is 17.0 Å². The second-order valence-corrected chi connectivity index (χ2v) is 6.62. The van der Waals surface area contributed by atoms with Crippen molar-refractivity contribution in [2.75, 3.05) is 19.7 Å². The van der Waals surface area contributed by atoms with Gasteiger partial charge >= 0.3 is 0 Å². The van der Waals surface area contributed by atoms with E-state index in [-0.39, 0.29) is 12.5 Å². The normalized spacial score (nSPS) is 14.4. The first-order chi connectivity index (χ1) is 12.8. The summed E-state index contributed by atoms with van der Waals surface area (Å²) >= 11 is 0. The summed E-state index contributed by atoms with van der Waals surface area (Å²) in [4.78, 5) is 19.1. The molecule has 1 aliphatic heterocycles. The molecule has 0 atom stereocenters. The molecule has 1 fully saturated rings. The summed E-state index contributed by atoms with van der Waals surface area (Å²) < 4.78 is 5.97. The van der Waals surface area contributed by atoms with Gasteiger partial charge in [0.2, 0.25) is 0 Å². The summed E-state index contributed by atoms with van der Waals surface area (Å²) in [7, 11) is 0. The molecule has 4 nitrogen and oxygen atoms in total. The second-order valence-electron chi connectivity index (χ2n) is 6.62. The third-order valence-electron chi connectivity index (χ3n) is 4.81. The lowest BCUT2D eigenvalue weighted by Gasteiger charge is -2.26. The lowest BCUT2D eigenvalue weighted by molar-refractivity contribution is -0.134. The third-order valence-corrected chi connectivity index (χ3v) is 4.81. The molecule has 1 aliphatic rings. The van der Waals surface area contributed by atoms with Gasteiger partial charge in [-0.2, -0.15) is 0 Å². The molecule has 1 amide bonds. The average Bonchev–Trinajstić information content (AvgIpc) is 2.73. The minimum Gasteiger partial charge on any atom is -0.483 e. The van der Waals surface area contributed by atoms with Gasteiger partial charge in [-0.25, -0.2) is 4.98 Å². The smallest absolute Gasteiger partial charge is 0.260 e. The molecule has 3 aromatic rings. The monoisotopic (exact) mass is 346 g/mol. The molecule has 0 saturated carbocycles. The predicted molar refractivity (Wildman–Crippen MR) is 103 cm³/mol. The summed E-state index contributed by atoms with van der Waals surface area (Å²) in [6.07, 6.45) is 3.38. The number of carbonyl (C=O) groups is 1. The van der Waals surface area contributed by atoms with Crippen LogP contribution in [0.3, 0.4) is 0 Å². The standard InChI is InChI=1S/C22H22N2O2/c25-22(24-13-7-2-8-14-24)16-26-21-15-20(17-9-3-1-4-10-17)23-19-12-6-5-11-18(19)21/h1,3-6,9-12,15H,2,7-8,13-14,16H2. The van der Waals surface area contributed by atoms with Crippen LogP contribution in [-0.4, -0.2) is 35.5 Å². The largest absolute Gasteiger partial charge is 0.483 e. The maximum absolute atomic E-state index is 12.4. The lowest BCUT2D eigenvalue weighted by Crippen LogP contribution is -2.38. The van der Waals surface area contributed by atoms with E-state index in [0.717, 1.165) is 48.1 Å². The molecule has 4 heteroatoms. The maximum Gasteiger partial charge on any atom is 0.260 e. The lowest BCUT2D eigenvalue weighted by atomic mass is 10.1. The van der Waals surface area contributed by atoms with Crippen molar-refractivity contribution < 1.29 is 9.53 Å². The number of fused-ring (bicyclic) bond motifs is 1. The highest BCUT2D eigenvalue weighted by atomic mass is 16.5. The number of ether oxygens (including phenoxy) is 1. The number of nitrogens with zero attached hydrogens (tertiary/aromatic N) is 2. The summed E-state index contributed by atoms with van der Waals surface area (Å²) in [5.74, 6) is 0.770. The molecule has 0 radical (unpaired) electrons. The summed E-state index contributed by atoms with van der Waals surface area (Å²) in [6, 6.07) is 19.8. The van der Waals surface area contributed by atoms with Gasteiger partial charge in [-0.15, -0.1) is 0 Å². The number of carbonyl (C=O) groups excluding carboxylic acids is 1. The first-order valence-corrected chi connectivity index (χ1v) is 9.17. The number of amides is 1. The number of hydrogen-bond acceptors (Lipinski definition) is 3. The van der Waals surface area contributed by atoms with Crippen LogP contribution in [0.4, 0.5) is 0 Å². The van der Waals surface area contributed by atoms with Crippen LogP contribution < -0.4 is 4.74 Å². The minimum absolute atomic E-state index is 0.0619. The fraction of sp³-hybridized carbons (Fsp3) is 0.273. The highest BCUT2D eigenvalue weighted by Gasteiger charge is 2.17. The molecule has 2 heterocycles. The quantitative estimate of drug-likeness (QED) is 0.707. The number of para-hydroxylation sites is 1. The Hall–Kier alpha value is -2.88. The van der Waals surface area contributed by atoms with Crippen LogP contribution in [-0.2, 0) is 4.79 Å². The van der Waals surface area contributed by atoms with Gasteiger partial charge in [0.25, 0.3) is 5.91 Å². The van der Waals surface area contributed by atoms with Gasteiger partial charge < -0.3 is 9.64 Å². The third kappa shape index (κ3) is 3.54. The molecule has 0 bridgehead atoms. The van der Waals surface area contributed by atoms with E-state index < -0.39 is 0 Å². The van der Waals surface area contributed by atoms with Crippen LogP contribution in [0.25, 0.3) is 22.2 Å². The molecule has 132 valence electrons. The molecule has 0 N–H and O–H groups in total. The molecule has 4 rings (SSSR count). The number of aromatic nitrogens is 1. The van der Waals surface area contributed by atoms with E-state index in [1.807, 2.05) is 65.6 Å². The van der Waals surface area contributed by atoms with Crippen LogP contribution in [0.15, 0.2) is 60.7 Å². The number of benzene rings is 2. The van der Waals surface area contributed by atoms with Gasteiger partial charge in [0, 0.05) is 30.1 Å². The molecule has 0 aliphatic carbocycles. The molecule has 26 heavy (non-hydrogen) atoms. The minimum atomic E-state index is 0.0619. The highest BCUT2D eigenvalue weighted by Crippen LogP contribution is 2.30. The van der Waals surface area contributed by atoms with E-state index in [9.17, 15) is 4.79 Å². The van der Waals surface area contributed by atoms with Crippen LogP contribution in [0.2, 0.25) is 0 Å². The van der Waals surface area contributed by atoms with Crippen molar-refractivity contribution in [2.24, 2.45) is 0 Å². The zero-order valence-electron chi connectivity index (χ0n) is 14.7. The van der Waals surface area contributed by atoms with Crippen molar-refractivity contribution in [1.29, 1.82) is 0 Å². The van der Waals surface area contributed by atoms with Crippen LogP contribution in [0.5, 0.6) is 5.75 Å². The first-order valence-electron chi connectivity index (χ1n) is 9.17. The van der Waals surface area contributed by atoms with Gasteiger partial charge in [-0.3, -0.25) is 4.79 Å². The number of hydrogen-bond donors (Lipinski definition) is 0. The molecule has 0 unspecified atom stereocenters. The van der Waals surface area contributed by atoms with E-state index in [2.05, 4.69) is 0 Å². The Labute approximate surface area is 153 Å². The summed E-state index contributed by atoms with van der Waals surface area (Å²) in [5.41, 5.74) is 2.75. The zero-order valence-corrected chi connectivity index (χ0v) is 14.7. The van der Waals surface area contributed by atoms with E-state index in [1.165, 1.54) is 6.42 Å². The van der Waals surface area contributed by atoms with Crippen LogP contribution in [0.1, 0.15) is 19.3 Å². The van der Waals surface area contributed by atoms with Crippen molar-refractivity contribution in [1.82, 2.24) is 9.88 Å². The Balaban J connectivity index is 1.61. The average molecular weight is 346 g/mol. The number of rotatable bonds is 4. The van der Waals surface area contributed by atoms with E-state index in [1.54, 1.807) is 0 Å². The fourth-order valence-corrected chi connectivity index (χ4v) is 3.39. The topological polar surface area (TPSA) is 42.4 Å². The van der Waals surface area contributed by atoms with Gasteiger partial charge in [0.1, 0.15) is 5.75 Å². The summed E-state index contributed by atoms with van der Waals surface area (Å²) in [6.45, 7) is 1.76. The van der Waals surface area contributed by atoms with E-state index >= 15 is 0 Å². The van der Waals surface area contributed by atoms with Crippen molar-refractivity contribution in [3.05, 3.63) is 60.7 Å². The number of likely N-dealkylation sites (tertiary alicyclic amines) is 1. The molecule has 1 aromatic heterocycles. The Morgan fingerprint density at radius 2 is 1.69 bits per heavy atom. The van der Waals surface area contributed by atoms with Gasteiger partial charge in [-0.05, 0) is 31.4 Å². The van der Waals surface area contributed by atoms with E-state index in [0.29, 0.717) is 5.75 Å². The summed E-state index contributed by atoms with van der Waals surface area (Å²) in [5, 5.41) is 0.929. The van der Waals surface area contributed by atoms with Gasteiger partial charge in [-0.1, -0.05) is 42.5 Å². The SMILES string of the molecule is O=C(COc1cc(-c2ccccc2)nc2ccccc12)N1CCCCC1. The fourth-order valence-electron chi connectivity index (χ4n) is 3.39. The Kier molecular flexibility index (Phi) is 4.82. The molecular weight excluding hydrogens is 324 g/mol. The van der Waals surface area contributed by atoms with Crippen LogP contribution >= 0.6 is 0 Å². The molecular formula is C22H22N2O2. The number of piperidine rings is 1. The van der Waals surface area contributed by atoms with Gasteiger partial charge in [0.15, 0.2) is 6.61 Å². The second kappa shape index (κ2) is 7.56. The van der Waals surface area contributed by atoms with Crippen molar-refractivity contribution in [3.63, 3.8) is 0 Å². The Bertz CT molecular complexity index is 902. The first kappa shape index (κ1) is 16.6. The predicted octanol–water partition coefficient (Wildman–Crippen LogP) is 4.29. The maximum atomic E-state index is 12.4. The van der Waals surface area contributed by atoms with Crippen LogP contribution in [0, 0.1) is 0 Å². The number of pyridine rings is 1. The van der Waals surface area contributed by atoms with Crippen molar-refractivity contribution in [2.45, 2.75) is 19.3 Å². The Morgan fingerprint density at radius 1 is 0.962 bits per heavy atom. The van der Waals surface area contributed by atoms with E-state index in [4.69, 9.17) is 9.72 Å². The highest BCUT2D eigenvalue weighted by molar-refractivity contribution is 5.88. The zero-order chi connectivity index (χ0) is 17.8. The molecule has 1 saturated heterocycles. The van der Waals surface area contributed by atoms with Gasteiger partial charge in [0.05, 0.1) is 11.2 Å². The molecule has 0 spiro atoms. The Morgan fingerprint density at radius 3 is 2.50 bits per heavy atom. The molecule has 2 aromatic carbocycles. The van der Waals surface area contributed by atoms with Crippen molar-refractivity contribution >= 4 is 16.8 Å².